The molecule has 1 aliphatic carbocycles. The second kappa shape index (κ2) is 6.56. The van der Waals surface area contributed by atoms with Gasteiger partial charge in [0.25, 0.3) is 12.3 Å². The molecule has 0 radical (unpaired) electrons. The summed E-state index contributed by atoms with van der Waals surface area (Å²) >= 11 is 0. The van der Waals surface area contributed by atoms with E-state index < -0.39 is 13.0 Å². The molecular weight excluding hydrogens is 294 g/mol. The van der Waals surface area contributed by atoms with Crippen molar-refractivity contribution in [2.45, 2.75) is 25.3 Å². The van der Waals surface area contributed by atoms with Gasteiger partial charge in [-0.3, -0.25) is 4.79 Å². The topological polar surface area (TPSA) is 51.7 Å². The molecule has 2 heterocycles. The van der Waals surface area contributed by atoms with Gasteiger partial charge in [0, 0.05) is 12.6 Å². The summed E-state index contributed by atoms with van der Waals surface area (Å²) < 4.78 is 34.7. The van der Waals surface area contributed by atoms with E-state index in [0.29, 0.717) is 25.7 Å². The molecule has 3 rings (SSSR count). The molecule has 0 spiro atoms. The molecular formula is C15H18F2N2O3. The predicted octanol–water partition coefficient (Wildman–Crippen LogP) is 1.98. The first kappa shape index (κ1) is 15.1. The number of alkyl halides is 2. The van der Waals surface area contributed by atoms with Gasteiger partial charge < -0.3 is 14.4 Å². The maximum atomic E-state index is 12.6. The Morgan fingerprint density at radius 3 is 3.00 bits per heavy atom. The molecule has 0 N–H and O–H groups in total. The molecule has 1 aliphatic heterocycles. The van der Waals surface area contributed by atoms with Gasteiger partial charge in [-0.25, -0.2) is 13.8 Å². The highest BCUT2D eigenvalue weighted by molar-refractivity contribution is 5.92. The summed E-state index contributed by atoms with van der Waals surface area (Å²) in [7, 11) is 0. The normalized spacial score (nSPS) is 22.0. The van der Waals surface area contributed by atoms with Crippen LogP contribution in [0.15, 0.2) is 18.2 Å². The van der Waals surface area contributed by atoms with Gasteiger partial charge in [-0.05, 0) is 24.8 Å². The van der Waals surface area contributed by atoms with E-state index in [9.17, 15) is 13.6 Å². The largest absolute Gasteiger partial charge is 0.472 e. The Kier molecular flexibility index (Phi) is 4.52. The van der Waals surface area contributed by atoms with Crippen LogP contribution in [0.2, 0.25) is 0 Å². The van der Waals surface area contributed by atoms with Gasteiger partial charge in [0.1, 0.15) is 5.69 Å². The third-order valence-electron chi connectivity index (χ3n) is 3.89. The minimum atomic E-state index is -2.57. The van der Waals surface area contributed by atoms with Crippen LogP contribution in [0.5, 0.6) is 5.88 Å². The number of halogens is 2. The number of morpholine rings is 1. The molecule has 0 aromatic carbocycles. The summed E-state index contributed by atoms with van der Waals surface area (Å²) in [5.41, 5.74) is 0.222. The van der Waals surface area contributed by atoms with Crippen molar-refractivity contribution in [1.82, 2.24) is 9.88 Å². The molecule has 2 fully saturated rings. The van der Waals surface area contributed by atoms with E-state index in [1.54, 1.807) is 17.0 Å². The van der Waals surface area contributed by atoms with Crippen LogP contribution in [0.4, 0.5) is 8.78 Å². The molecule has 1 saturated heterocycles. The fourth-order valence-electron chi connectivity index (χ4n) is 2.66. The van der Waals surface area contributed by atoms with Crippen LogP contribution in [-0.4, -0.2) is 54.6 Å². The lowest BCUT2D eigenvalue weighted by Crippen LogP contribution is -2.50. The maximum Gasteiger partial charge on any atom is 0.273 e. The molecule has 1 saturated carbocycles. The van der Waals surface area contributed by atoms with E-state index in [4.69, 9.17) is 9.47 Å². The third-order valence-corrected chi connectivity index (χ3v) is 3.89. The van der Waals surface area contributed by atoms with E-state index in [-0.39, 0.29) is 23.5 Å². The Balaban J connectivity index is 1.71. The Hall–Kier alpha value is -1.76. The lowest BCUT2D eigenvalue weighted by Gasteiger charge is -2.35. The zero-order chi connectivity index (χ0) is 15.5. The van der Waals surface area contributed by atoms with E-state index in [1.165, 1.54) is 6.07 Å². The summed E-state index contributed by atoms with van der Waals surface area (Å²) in [6, 6.07) is 4.73. The number of pyridine rings is 1. The fourth-order valence-corrected chi connectivity index (χ4v) is 2.66. The molecule has 1 aromatic heterocycles. The molecule has 7 heteroatoms. The highest BCUT2D eigenvalue weighted by Crippen LogP contribution is 2.37. The maximum absolute atomic E-state index is 12.6. The van der Waals surface area contributed by atoms with Crippen LogP contribution in [0.25, 0.3) is 0 Å². The van der Waals surface area contributed by atoms with E-state index in [1.807, 2.05) is 0 Å². The molecule has 1 atom stereocenters. The monoisotopic (exact) mass is 312 g/mol. The Bertz CT molecular complexity index is 537. The Morgan fingerprint density at radius 2 is 2.27 bits per heavy atom. The number of nitrogens with zero attached hydrogens (tertiary/aromatic N) is 2. The second-order valence-corrected chi connectivity index (χ2v) is 5.54. The number of ether oxygens (including phenoxy) is 2. The van der Waals surface area contributed by atoms with Gasteiger partial charge in [0.15, 0.2) is 6.61 Å². The summed E-state index contributed by atoms with van der Waals surface area (Å²) in [5.74, 6) is 0.354. The first-order valence-electron chi connectivity index (χ1n) is 7.42. The highest BCUT2D eigenvalue weighted by Gasteiger charge is 2.39. The smallest absolute Gasteiger partial charge is 0.273 e. The minimum absolute atomic E-state index is 0.0439. The van der Waals surface area contributed by atoms with Gasteiger partial charge in [-0.1, -0.05) is 6.07 Å². The average Bonchev–Trinajstić information content (AvgIpc) is 3.37. The van der Waals surface area contributed by atoms with Gasteiger partial charge in [-0.15, -0.1) is 0 Å². The fraction of sp³-hybridized carbons (Fsp3) is 0.600. The van der Waals surface area contributed by atoms with Crippen molar-refractivity contribution in [3.05, 3.63) is 23.9 Å². The van der Waals surface area contributed by atoms with Crippen molar-refractivity contribution in [1.29, 1.82) is 0 Å². The number of hydrogen-bond donors (Lipinski definition) is 0. The molecule has 0 bridgehead atoms. The molecule has 120 valence electrons. The van der Waals surface area contributed by atoms with Gasteiger partial charge in [0.2, 0.25) is 5.88 Å². The molecule has 1 amide bonds. The first-order chi connectivity index (χ1) is 10.6. The molecule has 1 aromatic rings. The second-order valence-electron chi connectivity index (χ2n) is 5.54. The quantitative estimate of drug-likeness (QED) is 0.834. The number of carbonyl (C=O) groups is 1. The standard InChI is InChI=1S/C15H18F2N2O3/c16-13(17)9-22-14-3-1-2-11(18-14)15(20)19-6-7-21-8-12(19)10-4-5-10/h1-3,10,12-13H,4-9H2. The van der Waals surface area contributed by atoms with Gasteiger partial charge >= 0.3 is 0 Å². The predicted molar refractivity (Wildman–Crippen MR) is 74.1 cm³/mol. The van der Waals surface area contributed by atoms with Crippen molar-refractivity contribution in [2.24, 2.45) is 5.92 Å². The average molecular weight is 312 g/mol. The van der Waals surface area contributed by atoms with Crippen molar-refractivity contribution < 1.29 is 23.0 Å². The van der Waals surface area contributed by atoms with E-state index >= 15 is 0 Å². The third kappa shape index (κ3) is 3.52. The van der Waals surface area contributed by atoms with E-state index in [0.717, 1.165) is 12.8 Å². The van der Waals surface area contributed by atoms with Crippen molar-refractivity contribution >= 4 is 5.91 Å². The summed E-state index contributed by atoms with van der Waals surface area (Å²) in [6.07, 6.45) is -0.342. The lowest BCUT2D eigenvalue weighted by atomic mass is 10.1. The summed E-state index contributed by atoms with van der Waals surface area (Å²) in [6.45, 7) is 0.866. The van der Waals surface area contributed by atoms with Crippen LogP contribution < -0.4 is 4.74 Å². The van der Waals surface area contributed by atoms with Crippen molar-refractivity contribution in [3.63, 3.8) is 0 Å². The number of hydrogen-bond acceptors (Lipinski definition) is 4. The molecule has 1 unspecified atom stereocenters. The molecule has 2 aliphatic rings. The van der Waals surface area contributed by atoms with Crippen LogP contribution >= 0.6 is 0 Å². The Labute approximate surface area is 127 Å². The van der Waals surface area contributed by atoms with Crippen LogP contribution in [-0.2, 0) is 4.74 Å². The molecule has 5 nitrogen and oxygen atoms in total. The van der Waals surface area contributed by atoms with Crippen LogP contribution in [0.3, 0.4) is 0 Å². The number of amides is 1. The zero-order valence-corrected chi connectivity index (χ0v) is 12.1. The first-order valence-corrected chi connectivity index (χ1v) is 7.42. The lowest BCUT2D eigenvalue weighted by molar-refractivity contribution is -0.00869. The molecule has 22 heavy (non-hydrogen) atoms. The zero-order valence-electron chi connectivity index (χ0n) is 12.1. The minimum Gasteiger partial charge on any atom is -0.472 e. The van der Waals surface area contributed by atoms with Gasteiger partial charge in [-0.2, -0.15) is 0 Å². The summed E-state index contributed by atoms with van der Waals surface area (Å²) in [4.78, 5) is 18.5. The number of aromatic nitrogens is 1. The van der Waals surface area contributed by atoms with Crippen molar-refractivity contribution in [2.75, 3.05) is 26.4 Å². The van der Waals surface area contributed by atoms with E-state index in [2.05, 4.69) is 4.98 Å². The van der Waals surface area contributed by atoms with Crippen molar-refractivity contribution in [3.8, 4) is 5.88 Å². The van der Waals surface area contributed by atoms with Crippen LogP contribution in [0.1, 0.15) is 23.3 Å². The number of carbonyl (C=O) groups excluding carboxylic acids is 1. The van der Waals surface area contributed by atoms with Gasteiger partial charge in [0.05, 0.1) is 19.3 Å². The van der Waals surface area contributed by atoms with Crippen LogP contribution in [0, 0.1) is 5.92 Å². The Morgan fingerprint density at radius 1 is 1.45 bits per heavy atom. The summed E-state index contributed by atoms with van der Waals surface area (Å²) in [5, 5.41) is 0. The highest BCUT2D eigenvalue weighted by atomic mass is 19.3. The number of rotatable bonds is 5. The SMILES string of the molecule is O=C(c1cccc(OCC(F)F)n1)N1CCOCC1C1CC1.